The molecule has 0 saturated carbocycles. The summed E-state index contributed by atoms with van der Waals surface area (Å²) < 4.78 is 1.65. The molecule has 0 bridgehead atoms. The minimum atomic E-state index is 0.0242. The van der Waals surface area contributed by atoms with Gasteiger partial charge in [-0.1, -0.05) is 6.08 Å². The first-order valence-corrected chi connectivity index (χ1v) is 5.11. The lowest BCUT2D eigenvalue weighted by molar-refractivity contribution is 0.112. The van der Waals surface area contributed by atoms with E-state index in [1.807, 2.05) is 4.90 Å². The van der Waals surface area contributed by atoms with E-state index in [9.17, 15) is 4.79 Å². The van der Waals surface area contributed by atoms with Gasteiger partial charge in [0.15, 0.2) is 6.29 Å². The Bertz CT molecular complexity index is 385. The van der Waals surface area contributed by atoms with Crippen LogP contribution < -0.4 is 4.90 Å². The lowest BCUT2D eigenvalue weighted by Gasteiger charge is -2.22. The molecule has 1 aromatic heterocycles. The molecule has 0 amide bonds. The Balaban J connectivity index is 3.15. The number of aromatic nitrogens is 2. The molecule has 0 aliphatic heterocycles. The molecule has 1 N–H and O–H groups in total. The van der Waals surface area contributed by atoms with Gasteiger partial charge in [0.1, 0.15) is 5.82 Å². The van der Waals surface area contributed by atoms with E-state index in [4.69, 9.17) is 5.11 Å². The molecule has 0 aliphatic rings. The third-order valence-electron chi connectivity index (χ3n) is 2.37. The van der Waals surface area contributed by atoms with Crippen LogP contribution in [0.2, 0.25) is 0 Å². The predicted molar refractivity (Wildman–Crippen MR) is 62.8 cm³/mol. The van der Waals surface area contributed by atoms with Gasteiger partial charge in [-0.05, 0) is 6.92 Å². The molecule has 0 aromatic carbocycles. The van der Waals surface area contributed by atoms with Crippen molar-refractivity contribution in [2.45, 2.75) is 6.92 Å². The molecule has 0 radical (unpaired) electrons. The molecular formula is C11H17N3O2. The van der Waals surface area contributed by atoms with Gasteiger partial charge in [-0.25, -0.2) is 0 Å². The van der Waals surface area contributed by atoms with Crippen molar-refractivity contribution in [3.63, 3.8) is 0 Å². The minimum Gasteiger partial charge on any atom is -0.395 e. The van der Waals surface area contributed by atoms with Gasteiger partial charge in [-0.15, -0.1) is 6.58 Å². The third kappa shape index (κ3) is 2.30. The number of hydrogen-bond donors (Lipinski definition) is 1. The number of aryl methyl sites for hydroxylation is 2. The van der Waals surface area contributed by atoms with Gasteiger partial charge in [0.2, 0.25) is 0 Å². The van der Waals surface area contributed by atoms with Crippen LogP contribution in [-0.4, -0.2) is 40.9 Å². The summed E-state index contributed by atoms with van der Waals surface area (Å²) >= 11 is 0. The maximum absolute atomic E-state index is 11.0. The lowest BCUT2D eigenvalue weighted by atomic mass is 10.2. The summed E-state index contributed by atoms with van der Waals surface area (Å²) in [5.74, 6) is 0.724. The summed E-state index contributed by atoms with van der Waals surface area (Å²) in [6.45, 7) is 6.49. The SMILES string of the molecule is C=CCN(CCO)c1c(C=O)c(C)nn1C. The van der Waals surface area contributed by atoms with E-state index in [0.717, 1.165) is 12.1 Å². The second-order valence-corrected chi connectivity index (χ2v) is 3.52. The lowest BCUT2D eigenvalue weighted by Crippen LogP contribution is -2.29. The molecule has 0 unspecified atom stereocenters. The number of aldehydes is 1. The maximum Gasteiger partial charge on any atom is 0.155 e. The van der Waals surface area contributed by atoms with Gasteiger partial charge in [-0.2, -0.15) is 5.10 Å². The first kappa shape index (κ1) is 12.4. The number of anilines is 1. The van der Waals surface area contributed by atoms with Crippen molar-refractivity contribution in [1.82, 2.24) is 9.78 Å². The number of aliphatic hydroxyl groups excluding tert-OH is 1. The highest BCUT2D eigenvalue weighted by Gasteiger charge is 2.17. The number of hydrogen-bond acceptors (Lipinski definition) is 4. The molecule has 1 heterocycles. The molecule has 0 saturated heterocycles. The average Bonchev–Trinajstić information content (AvgIpc) is 2.52. The van der Waals surface area contributed by atoms with Crippen LogP contribution in [0.1, 0.15) is 16.1 Å². The van der Waals surface area contributed by atoms with Crippen molar-refractivity contribution in [2.24, 2.45) is 7.05 Å². The summed E-state index contributed by atoms with van der Waals surface area (Å²) in [5.41, 5.74) is 1.26. The molecule has 1 rings (SSSR count). The second-order valence-electron chi connectivity index (χ2n) is 3.52. The van der Waals surface area contributed by atoms with E-state index in [1.165, 1.54) is 0 Å². The van der Waals surface area contributed by atoms with Crippen LogP contribution in [-0.2, 0) is 7.05 Å². The molecule has 0 aliphatic carbocycles. The monoisotopic (exact) mass is 223 g/mol. The Morgan fingerprint density at radius 2 is 2.31 bits per heavy atom. The predicted octanol–water partition coefficient (Wildman–Crippen LogP) is 0.526. The molecule has 5 nitrogen and oxygen atoms in total. The van der Waals surface area contributed by atoms with E-state index in [1.54, 1.807) is 24.7 Å². The molecule has 88 valence electrons. The molecular weight excluding hydrogens is 206 g/mol. The van der Waals surface area contributed by atoms with E-state index < -0.39 is 0 Å². The molecule has 16 heavy (non-hydrogen) atoms. The van der Waals surface area contributed by atoms with Crippen molar-refractivity contribution in [2.75, 3.05) is 24.6 Å². The number of carbonyl (C=O) groups is 1. The van der Waals surface area contributed by atoms with Crippen LogP contribution in [0.5, 0.6) is 0 Å². The van der Waals surface area contributed by atoms with Gasteiger partial charge in [0, 0.05) is 20.1 Å². The zero-order valence-corrected chi connectivity index (χ0v) is 9.68. The Hall–Kier alpha value is -1.62. The summed E-state index contributed by atoms with van der Waals surface area (Å²) in [6.07, 6.45) is 2.53. The fourth-order valence-corrected chi connectivity index (χ4v) is 1.74. The maximum atomic E-state index is 11.0. The zero-order valence-electron chi connectivity index (χ0n) is 9.68. The molecule has 5 heteroatoms. The van der Waals surface area contributed by atoms with E-state index >= 15 is 0 Å². The number of aliphatic hydroxyl groups is 1. The van der Waals surface area contributed by atoms with Crippen LogP contribution in [0.3, 0.4) is 0 Å². The Morgan fingerprint density at radius 3 is 2.81 bits per heavy atom. The van der Waals surface area contributed by atoms with Crippen LogP contribution in [0.15, 0.2) is 12.7 Å². The van der Waals surface area contributed by atoms with E-state index in [-0.39, 0.29) is 6.61 Å². The van der Waals surface area contributed by atoms with Crippen LogP contribution >= 0.6 is 0 Å². The quantitative estimate of drug-likeness (QED) is 0.564. The third-order valence-corrected chi connectivity index (χ3v) is 2.37. The average molecular weight is 223 g/mol. The van der Waals surface area contributed by atoms with Crippen molar-refractivity contribution in [3.8, 4) is 0 Å². The highest BCUT2D eigenvalue weighted by atomic mass is 16.3. The standard InChI is InChI=1S/C11H17N3O2/c1-4-5-14(6-7-15)11-10(8-16)9(2)12-13(11)3/h4,8,15H,1,5-7H2,2-3H3. The summed E-state index contributed by atoms with van der Waals surface area (Å²) in [6, 6.07) is 0. The summed E-state index contributed by atoms with van der Waals surface area (Å²) in [4.78, 5) is 12.9. The minimum absolute atomic E-state index is 0.0242. The van der Waals surface area contributed by atoms with Crippen molar-refractivity contribution < 1.29 is 9.90 Å². The zero-order chi connectivity index (χ0) is 12.1. The van der Waals surface area contributed by atoms with Gasteiger partial charge in [0.05, 0.1) is 17.9 Å². The van der Waals surface area contributed by atoms with Gasteiger partial charge >= 0.3 is 0 Å². The highest BCUT2D eigenvalue weighted by Crippen LogP contribution is 2.20. The van der Waals surface area contributed by atoms with Crippen LogP contribution in [0.25, 0.3) is 0 Å². The topological polar surface area (TPSA) is 58.4 Å². The smallest absolute Gasteiger partial charge is 0.155 e. The Labute approximate surface area is 95.0 Å². The molecule has 0 fully saturated rings. The molecule has 1 aromatic rings. The first-order valence-electron chi connectivity index (χ1n) is 5.11. The van der Waals surface area contributed by atoms with Crippen LogP contribution in [0.4, 0.5) is 5.82 Å². The normalized spacial score (nSPS) is 10.2. The molecule has 0 atom stereocenters. The van der Waals surface area contributed by atoms with Crippen molar-refractivity contribution >= 4 is 12.1 Å². The molecule has 0 spiro atoms. The number of carbonyl (C=O) groups excluding carboxylic acids is 1. The summed E-state index contributed by atoms with van der Waals surface area (Å²) in [7, 11) is 1.78. The van der Waals surface area contributed by atoms with Gasteiger partial charge in [-0.3, -0.25) is 9.48 Å². The van der Waals surface area contributed by atoms with E-state index in [0.29, 0.717) is 24.3 Å². The van der Waals surface area contributed by atoms with Crippen LogP contribution in [0, 0.1) is 6.92 Å². The fourth-order valence-electron chi connectivity index (χ4n) is 1.74. The number of rotatable bonds is 6. The highest BCUT2D eigenvalue weighted by molar-refractivity contribution is 5.84. The van der Waals surface area contributed by atoms with Crippen molar-refractivity contribution in [1.29, 1.82) is 0 Å². The second kappa shape index (κ2) is 5.46. The first-order chi connectivity index (χ1) is 7.65. The summed E-state index contributed by atoms with van der Waals surface area (Å²) in [5, 5.41) is 13.2. The Morgan fingerprint density at radius 1 is 1.62 bits per heavy atom. The number of nitrogens with zero attached hydrogens (tertiary/aromatic N) is 3. The fraction of sp³-hybridized carbons (Fsp3) is 0.455. The van der Waals surface area contributed by atoms with Gasteiger partial charge < -0.3 is 10.0 Å². The van der Waals surface area contributed by atoms with E-state index in [2.05, 4.69) is 11.7 Å². The van der Waals surface area contributed by atoms with Gasteiger partial charge in [0.25, 0.3) is 0 Å². The van der Waals surface area contributed by atoms with Crippen molar-refractivity contribution in [3.05, 3.63) is 23.9 Å². The Kier molecular flexibility index (Phi) is 4.25. The largest absolute Gasteiger partial charge is 0.395 e.